The number of amides is 1. The average molecular weight is 300 g/mol. The number of carbonyl (C=O) groups excluding carboxylic acids is 1. The number of aliphatic hydroxyl groups is 1. The molecular weight excluding hydrogens is 280 g/mol. The number of hydrogen-bond acceptors (Lipinski definition) is 4. The number of nitrogens with zero attached hydrogens (tertiary/aromatic N) is 1. The van der Waals surface area contributed by atoms with Crippen LogP contribution in [0.2, 0.25) is 0 Å². The van der Waals surface area contributed by atoms with Crippen LogP contribution >= 0.6 is 0 Å². The molecule has 2 rings (SSSR count). The summed E-state index contributed by atoms with van der Waals surface area (Å²) in [4.78, 5) is 16.3. The molecule has 5 nitrogen and oxygen atoms in total. The maximum absolute atomic E-state index is 12.1. The highest BCUT2D eigenvalue weighted by atomic mass is 16.3. The molecule has 0 bridgehead atoms. The Morgan fingerprint density at radius 3 is 2.77 bits per heavy atom. The third-order valence-electron chi connectivity index (χ3n) is 3.52. The van der Waals surface area contributed by atoms with Crippen LogP contribution in [0.15, 0.2) is 42.6 Å². The van der Waals surface area contributed by atoms with E-state index in [0.717, 1.165) is 5.69 Å². The maximum Gasteiger partial charge on any atom is 0.255 e. The Hall–Kier alpha value is -2.40. The van der Waals surface area contributed by atoms with Gasteiger partial charge in [-0.25, -0.2) is 0 Å². The van der Waals surface area contributed by atoms with Gasteiger partial charge in [0.05, 0.1) is 5.56 Å². The molecule has 5 heteroatoms. The van der Waals surface area contributed by atoms with E-state index in [1.807, 2.05) is 18.2 Å². The van der Waals surface area contributed by atoms with Crippen molar-refractivity contribution in [2.75, 3.05) is 13.2 Å². The summed E-state index contributed by atoms with van der Waals surface area (Å²) in [5.41, 5.74) is 1.77. The number of aromatic hydroxyl groups is 1. The van der Waals surface area contributed by atoms with E-state index >= 15 is 0 Å². The molecule has 1 atom stereocenters. The summed E-state index contributed by atoms with van der Waals surface area (Å²) < 4.78 is 0. The summed E-state index contributed by atoms with van der Waals surface area (Å²) in [5, 5.41) is 22.1. The summed E-state index contributed by atoms with van der Waals surface area (Å²) in [6, 6.07) is 10.6. The highest BCUT2D eigenvalue weighted by Gasteiger charge is 2.15. The molecule has 116 valence electrons. The Kier molecular flexibility index (Phi) is 5.49. The number of benzene rings is 1. The molecule has 0 aliphatic rings. The van der Waals surface area contributed by atoms with Gasteiger partial charge in [0.25, 0.3) is 5.91 Å². The minimum Gasteiger partial charge on any atom is -0.507 e. The maximum atomic E-state index is 12.1. The van der Waals surface area contributed by atoms with Gasteiger partial charge in [-0.3, -0.25) is 9.78 Å². The van der Waals surface area contributed by atoms with Crippen LogP contribution in [0.4, 0.5) is 0 Å². The number of phenols is 1. The molecule has 0 fully saturated rings. The van der Waals surface area contributed by atoms with Crippen molar-refractivity contribution in [1.82, 2.24) is 10.3 Å². The first-order valence-corrected chi connectivity index (χ1v) is 7.19. The van der Waals surface area contributed by atoms with Crippen molar-refractivity contribution in [1.29, 1.82) is 0 Å². The van der Waals surface area contributed by atoms with E-state index in [9.17, 15) is 15.0 Å². The molecule has 3 N–H and O–H groups in total. The van der Waals surface area contributed by atoms with Crippen molar-refractivity contribution in [3.63, 3.8) is 0 Å². The van der Waals surface area contributed by atoms with Crippen molar-refractivity contribution >= 4 is 5.91 Å². The van der Waals surface area contributed by atoms with Crippen LogP contribution in [0.25, 0.3) is 0 Å². The number of para-hydroxylation sites is 1. The third-order valence-corrected chi connectivity index (χ3v) is 3.52. The fourth-order valence-corrected chi connectivity index (χ4v) is 2.19. The van der Waals surface area contributed by atoms with Crippen LogP contribution in [0.3, 0.4) is 0 Å². The molecule has 1 heterocycles. The highest BCUT2D eigenvalue weighted by molar-refractivity contribution is 5.97. The van der Waals surface area contributed by atoms with E-state index in [0.29, 0.717) is 18.5 Å². The highest BCUT2D eigenvalue weighted by Crippen LogP contribution is 2.21. The predicted octanol–water partition coefficient (Wildman–Crippen LogP) is 1.68. The SMILES string of the molecule is Cc1cccc(C(=O)NCC(CO)Cc2ccccn2)c1O. The van der Waals surface area contributed by atoms with Gasteiger partial charge in [0.2, 0.25) is 0 Å². The molecule has 22 heavy (non-hydrogen) atoms. The lowest BCUT2D eigenvalue weighted by molar-refractivity contribution is 0.0937. The third kappa shape index (κ3) is 4.05. The number of hydrogen-bond donors (Lipinski definition) is 3. The van der Waals surface area contributed by atoms with Crippen LogP contribution in [0.1, 0.15) is 21.6 Å². The number of aryl methyl sites for hydroxylation is 1. The lowest BCUT2D eigenvalue weighted by atomic mass is 10.0. The Balaban J connectivity index is 1.95. The Morgan fingerprint density at radius 2 is 2.09 bits per heavy atom. The van der Waals surface area contributed by atoms with E-state index in [1.165, 1.54) is 0 Å². The molecule has 0 saturated carbocycles. The van der Waals surface area contributed by atoms with Crippen LogP contribution in [0.5, 0.6) is 5.75 Å². The monoisotopic (exact) mass is 300 g/mol. The minimum atomic E-state index is -0.347. The fourth-order valence-electron chi connectivity index (χ4n) is 2.19. The zero-order chi connectivity index (χ0) is 15.9. The van der Waals surface area contributed by atoms with Gasteiger partial charge >= 0.3 is 0 Å². The van der Waals surface area contributed by atoms with Crippen molar-refractivity contribution in [3.8, 4) is 5.75 Å². The molecule has 1 aromatic heterocycles. The molecular formula is C17H20N2O3. The second kappa shape index (κ2) is 7.56. The fraction of sp³-hybridized carbons (Fsp3) is 0.294. The van der Waals surface area contributed by atoms with Gasteiger partial charge in [0.15, 0.2) is 0 Å². The number of phenolic OH excluding ortho intramolecular Hbond substituents is 1. The van der Waals surface area contributed by atoms with Crippen LogP contribution in [-0.4, -0.2) is 34.3 Å². The summed E-state index contributed by atoms with van der Waals surface area (Å²) in [6.07, 6.45) is 2.28. The van der Waals surface area contributed by atoms with E-state index in [2.05, 4.69) is 10.3 Å². The first-order chi connectivity index (χ1) is 10.6. The second-order valence-corrected chi connectivity index (χ2v) is 5.25. The summed E-state index contributed by atoms with van der Waals surface area (Å²) >= 11 is 0. The number of pyridine rings is 1. The Morgan fingerprint density at radius 1 is 1.27 bits per heavy atom. The zero-order valence-electron chi connectivity index (χ0n) is 12.5. The number of rotatable bonds is 6. The molecule has 1 amide bonds. The van der Waals surface area contributed by atoms with Crippen molar-refractivity contribution in [2.45, 2.75) is 13.3 Å². The van der Waals surface area contributed by atoms with E-state index in [1.54, 1.807) is 31.3 Å². The largest absolute Gasteiger partial charge is 0.507 e. The molecule has 0 radical (unpaired) electrons. The molecule has 1 unspecified atom stereocenters. The first-order valence-electron chi connectivity index (χ1n) is 7.19. The minimum absolute atomic E-state index is 0.00901. The summed E-state index contributed by atoms with van der Waals surface area (Å²) in [5.74, 6) is -0.475. The van der Waals surface area contributed by atoms with Gasteiger partial charge in [-0.15, -0.1) is 0 Å². The summed E-state index contributed by atoms with van der Waals surface area (Å²) in [6.45, 7) is 2.01. The van der Waals surface area contributed by atoms with Crippen LogP contribution < -0.4 is 5.32 Å². The number of aliphatic hydroxyl groups excluding tert-OH is 1. The van der Waals surface area contributed by atoms with Gasteiger partial charge in [-0.05, 0) is 37.1 Å². The quantitative estimate of drug-likeness (QED) is 0.758. The Bertz CT molecular complexity index is 629. The first kappa shape index (κ1) is 16.0. The molecule has 0 aliphatic carbocycles. The average Bonchev–Trinajstić information content (AvgIpc) is 2.54. The predicted molar refractivity (Wildman–Crippen MR) is 83.7 cm³/mol. The normalized spacial score (nSPS) is 11.9. The molecule has 0 spiro atoms. The van der Waals surface area contributed by atoms with Crippen molar-refractivity contribution in [2.24, 2.45) is 5.92 Å². The number of nitrogens with one attached hydrogen (secondary N) is 1. The molecule has 1 aromatic carbocycles. The standard InChI is InChI=1S/C17H20N2O3/c1-12-5-4-7-15(16(12)21)17(22)19-10-13(11-20)9-14-6-2-3-8-18-14/h2-8,13,20-21H,9-11H2,1H3,(H,19,22). The van der Waals surface area contributed by atoms with Crippen LogP contribution in [-0.2, 0) is 6.42 Å². The van der Waals surface area contributed by atoms with Crippen LogP contribution in [0, 0.1) is 12.8 Å². The topological polar surface area (TPSA) is 82.5 Å². The van der Waals surface area contributed by atoms with Crippen molar-refractivity contribution < 1.29 is 15.0 Å². The molecule has 0 saturated heterocycles. The molecule has 0 aliphatic heterocycles. The van der Waals surface area contributed by atoms with Gasteiger partial charge in [0.1, 0.15) is 5.75 Å². The van der Waals surface area contributed by atoms with Crippen molar-refractivity contribution in [3.05, 3.63) is 59.4 Å². The molecule has 2 aromatic rings. The van der Waals surface area contributed by atoms with Gasteiger partial charge in [-0.2, -0.15) is 0 Å². The van der Waals surface area contributed by atoms with Gasteiger partial charge < -0.3 is 15.5 Å². The van der Waals surface area contributed by atoms with E-state index in [-0.39, 0.29) is 29.7 Å². The van der Waals surface area contributed by atoms with E-state index in [4.69, 9.17) is 0 Å². The number of aromatic nitrogens is 1. The smallest absolute Gasteiger partial charge is 0.255 e. The number of carbonyl (C=O) groups is 1. The van der Waals surface area contributed by atoms with Gasteiger partial charge in [-0.1, -0.05) is 18.2 Å². The summed E-state index contributed by atoms with van der Waals surface area (Å²) in [7, 11) is 0. The van der Waals surface area contributed by atoms with E-state index < -0.39 is 0 Å². The second-order valence-electron chi connectivity index (χ2n) is 5.25. The lowest BCUT2D eigenvalue weighted by Crippen LogP contribution is -2.32. The van der Waals surface area contributed by atoms with Gasteiger partial charge in [0, 0.05) is 31.0 Å². The lowest BCUT2D eigenvalue weighted by Gasteiger charge is -2.15. The zero-order valence-corrected chi connectivity index (χ0v) is 12.5. The Labute approximate surface area is 129 Å².